The molecule has 0 amide bonds. The molecule has 1 saturated heterocycles. The van der Waals surface area contributed by atoms with Crippen molar-refractivity contribution in [3.8, 4) is 0 Å². The fourth-order valence-electron chi connectivity index (χ4n) is 1.54. The SMILES string of the molecule is NCCCC[C@H]1CCCN1. The Morgan fingerprint density at radius 3 is 2.90 bits per heavy atom. The molecular weight excluding hydrogens is 124 g/mol. The van der Waals surface area contributed by atoms with Crippen LogP contribution >= 0.6 is 0 Å². The van der Waals surface area contributed by atoms with E-state index in [-0.39, 0.29) is 0 Å². The molecule has 1 fully saturated rings. The molecule has 0 aromatic carbocycles. The first-order valence-electron chi connectivity index (χ1n) is 4.37. The fraction of sp³-hybridized carbons (Fsp3) is 1.00. The van der Waals surface area contributed by atoms with E-state index >= 15 is 0 Å². The van der Waals surface area contributed by atoms with E-state index in [2.05, 4.69) is 5.32 Å². The lowest BCUT2D eigenvalue weighted by Crippen LogP contribution is -2.21. The molecule has 1 rings (SSSR count). The minimum atomic E-state index is 0.812. The maximum atomic E-state index is 5.39. The third-order valence-corrected chi connectivity index (χ3v) is 2.17. The van der Waals surface area contributed by atoms with Gasteiger partial charge in [-0.1, -0.05) is 6.42 Å². The first-order valence-corrected chi connectivity index (χ1v) is 4.37. The van der Waals surface area contributed by atoms with E-state index < -0.39 is 0 Å². The molecule has 0 radical (unpaired) electrons. The lowest BCUT2D eigenvalue weighted by molar-refractivity contribution is 0.525. The van der Waals surface area contributed by atoms with Crippen LogP contribution in [0.25, 0.3) is 0 Å². The summed E-state index contributed by atoms with van der Waals surface area (Å²) in [6, 6.07) is 0.812. The van der Waals surface area contributed by atoms with Gasteiger partial charge in [0.2, 0.25) is 0 Å². The second-order valence-electron chi connectivity index (χ2n) is 3.08. The van der Waals surface area contributed by atoms with Gasteiger partial charge in [0.05, 0.1) is 0 Å². The molecule has 10 heavy (non-hydrogen) atoms. The Hall–Kier alpha value is -0.0800. The Bertz CT molecular complexity index is 77.3. The smallest absolute Gasteiger partial charge is 0.00675 e. The van der Waals surface area contributed by atoms with Crippen molar-refractivity contribution in [3.05, 3.63) is 0 Å². The van der Waals surface area contributed by atoms with Gasteiger partial charge in [0, 0.05) is 6.04 Å². The van der Waals surface area contributed by atoms with E-state index in [0.717, 1.165) is 12.6 Å². The van der Waals surface area contributed by atoms with Crippen molar-refractivity contribution in [1.82, 2.24) is 5.32 Å². The van der Waals surface area contributed by atoms with E-state index in [0.29, 0.717) is 0 Å². The van der Waals surface area contributed by atoms with Crippen LogP contribution in [0.2, 0.25) is 0 Å². The zero-order chi connectivity index (χ0) is 7.23. The van der Waals surface area contributed by atoms with Crippen LogP contribution in [-0.4, -0.2) is 19.1 Å². The number of nitrogens with two attached hydrogens (primary N) is 1. The monoisotopic (exact) mass is 142 g/mol. The lowest BCUT2D eigenvalue weighted by atomic mass is 10.1. The highest BCUT2D eigenvalue weighted by Crippen LogP contribution is 2.11. The molecule has 0 saturated carbocycles. The van der Waals surface area contributed by atoms with E-state index in [1.54, 1.807) is 0 Å². The van der Waals surface area contributed by atoms with Gasteiger partial charge in [0.15, 0.2) is 0 Å². The van der Waals surface area contributed by atoms with Gasteiger partial charge in [-0.15, -0.1) is 0 Å². The Morgan fingerprint density at radius 1 is 1.40 bits per heavy atom. The summed E-state index contributed by atoms with van der Waals surface area (Å²) in [5.74, 6) is 0. The summed E-state index contributed by atoms with van der Waals surface area (Å²) in [6.45, 7) is 2.08. The summed E-state index contributed by atoms with van der Waals surface area (Å²) in [6.07, 6.45) is 6.57. The van der Waals surface area contributed by atoms with Gasteiger partial charge in [0.1, 0.15) is 0 Å². The number of rotatable bonds is 4. The Balaban J connectivity index is 1.91. The minimum absolute atomic E-state index is 0.812. The molecule has 60 valence electrons. The molecule has 1 aliphatic heterocycles. The van der Waals surface area contributed by atoms with Crippen LogP contribution in [0.1, 0.15) is 32.1 Å². The highest BCUT2D eigenvalue weighted by molar-refractivity contribution is 4.73. The van der Waals surface area contributed by atoms with Gasteiger partial charge < -0.3 is 11.1 Å². The molecule has 0 spiro atoms. The zero-order valence-corrected chi connectivity index (χ0v) is 6.60. The molecule has 0 bridgehead atoms. The average Bonchev–Trinajstić information content (AvgIpc) is 2.41. The van der Waals surface area contributed by atoms with Gasteiger partial charge in [-0.2, -0.15) is 0 Å². The standard InChI is InChI=1S/C8H18N2/c9-6-2-1-4-8-5-3-7-10-8/h8,10H,1-7,9H2/t8-/m0/s1. The minimum Gasteiger partial charge on any atom is -0.330 e. The second-order valence-corrected chi connectivity index (χ2v) is 3.08. The summed E-state index contributed by atoms with van der Waals surface area (Å²) in [5.41, 5.74) is 5.39. The van der Waals surface area contributed by atoms with Crippen molar-refractivity contribution in [2.45, 2.75) is 38.1 Å². The van der Waals surface area contributed by atoms with Crippen LogP contribution in [0.3, 0.4) is 0 Å². The molecule has 2 heteroatoms. The van der Waals surface area contributed by atoms with Gasteiger partial charge in [-0.25, -0.2) is 0 Å². The highest BCUT2D eigenvalue weighted by atomic mass is 14.9. The maximum absolute atomic E-state index is 5.39. The van der Waals surface area contributed by atoms with Crippen molar-refractivity contribution in [3.63, 3.8) is 0 Å². The molecule has 0 unspecified atom stereocenters. The predicted molar refractivity (Wildman–Crippen MR) is 43.9 cm³/mol. The largest absolute Gasteiger partial charge is 0.330 e. The van der Waals surface area contributed by atoms with Crippen molar-refractivity contribution >= 4 is 0 Å². The molecule has 2 nitrogen and oxygen atoms in total. The molecule has 1 heterocycles. The highest BCUT2D eigenvalue weighted by Gasteiger charge is 2.12. The number of unbranched alkanes of at least 4 members (excludes halogenated alkanes) is 1. The van der Waals surface area contributed by atoms with Crippen molar-refractivity contribution in [2.24, 2.45) is 5.73 Å². The van der Waals surface area contributed by atoms with Gasteiger partial charge in [0.25, 0.3) is 0 Å². The van der Waals surface area contributed by atoms with Crippen LogP contribution in [0.4, 0.5) is 0 Å². The summed E-state index contributed by atoms with van der Waals surface area (Å²) >= 11 is 0. The quantitative estimate of drug-likeness (QED) is 0.571. The molecule has 1 atom stereocenters. The first kappa shape index (κ1) is 8.02. The zero-order valence-electron chi connectivity index (χ0n) is 6.60. The molecular formula is C8H18N2. The van der Waals surface area contributed by atoms with Gasteiger partial charge in [-0.05, 0) is 38.8 Å². The summed E-state index contributed by atoms with van der Waals surface area (Å²) < 4.78 is 0. The second kappa shape index (κ2) is 4.69. The Labute approximate surface area is 63.2 Å². The molecule has 0 aromatic rings. The number of nitrogens with one attached hydrogen (secondary N) is 1. The van der Waals surface area contributed by atoms with Crippen LogP contribution in [-0.2, 0) is 0 Å². The summed E-state index contributed by atoms with van der Waals surface area (Å²) in [7, 11) is 0. The Kier molecular flexibility index (Phi) is 3.76. The molecule has 3 N–H and O–H groups in total. The normalized spacial score (nSPS) is 25.5. The number of hydrogen-bond donors (Lipinski definition) is 2. The Morgan fingerprint density at radius 2 is 2.30 bits per heavy atom. The van der Waals surface area contributed by atoms with Crippen molar-refractivity contribution < 1.29 is 0 Å². The summed E-state index contributed by atoms with van der Waals surface area (Å²) in [4.78, 5) is 0. The molecule has 1 aliphatic rings. The van der Waals surface area contributed by atoms with Crippen molar-refractivity contribution in [2.75, 3.05) is 13.1 Å². The van der Waals surface area contributed by atoms with Crippen LogP contribution < -0.4 is 11.1 Å². The van der Waals surface area contributed by atoms with Crippen molar-refractivity contribution in [1.29, 1.82) is 0 Å². The van der Waals surface area contributed by atoms with Gasteiger partial charge >= 0.3 is 0 Å². The van der Waals surface area contributed by atoms with Crippen LogP contribution in [0, 0.1) is 0 Å². The van der Waals surface area contributed by atoms with E-state index in [1.165, 1.54) is 38.6 Å². The average molecular weight is 142 g/mol. The maximum Gasteiger partial charge on any atom is 0.00675 e. The predicted octanol–water partition coefficient (Wildman–Crippen LogP) is 0.867. The topological polar surface area (TPSA) is 38.0 Å². The van der Waals surface area contributed by atoms with E-state index in [1.807, 2.05) is 0 Å². The number of hydrogen-bond acceptors (Lipinski definition) is 2. The molecule has 0 aromatic heterocycles. The molecule has 0 aliphatic carbocycles. The fourth-order valence-corrected chi connectivity index (χ4v) is 1.54. The van der Waals surface area contributed by atoms with Crippen LogP contribution in [0.15, 0.2) is 0 Å². The van der Waals surface area contributed by atoms with E-state index in [9.17, 15) is 0 Å². The third-order valence-electron chi connectivity index (χ3n) is 2.17. The third kappa shape index (κ3) is 2.67. The van der Waals surface area contributed by atoms with E-state index in [4.69, 9.17) is 5.73 Å². The van der Waals surface area contributed by atoms with Gasteiger partial charge in [-0.3, -0.25) is 0 Å². The first-order chi connectivity index (χ1) is 4.93. The summed E-state index contributed by atoms with van der Waals surface area (Å²) in [5, 5.41) is 3.47. The van der Waals surface area contributed by atoms with Crippen LogP contribution in [0.5, 0.6) is 0 Å². The lowest BCUT2D eigenvalue weighted by Gasteiger charge is -2.07.